The quantitative estimate of drug-likeness (QED) is 0.650. The van der Waals surface area contributed by atoms with E-state index in [4.69, 9.17) is 5.73 Å². The number of likely N-dealkylation sites (N-methyl/N-ethyl adjacent to an activating group) is 1. The number of nitrogens with two attached hydrogens (primary N) is 1. The van der Waals surface area contributed by atoms with Gasteiger partial charge in [-0.1, -0.05) is 0 Å². The molecule has 0 radical (unpaired) electrons. The van der Waals surface area contributed by atoms with Crippen LogP contribution in [0.15, 0.2) is 18.5 Å². The van der Waals surface area contributed by atoms with Gasteiger partial charge >= 0.3 is 0 Å². The normalized spacial score (nSPS) is 12.1. The summed E-state index contributed by atoms with van der Waals surface area (Å²) in [7, 11) is 1.84. The van der Waals surface area contributed by atoms with Crippen molar-refractivity contribution >= 4 is 11.6 Å². The summed E-state index contributed by atoms with van der Waals surface area (Å²) >= 11 is 0. The summed E-state index contributed by atoms with van der Waals surface area (Å²) in [5, 5.41) is 5.79. The molecule has 1 unspecified atom stereocenters. The number of carbonyl (C=O) groups is 1. The topological polar surface area (TPSA) is 80.0 Å². The van der Waals surface area contributed by atoms with Crippen molar-refractivity contribution in [1.29, 1.82) is 0 Å². The van der Waals surface area contributed by atoms with Crippen LogP contribution in [-0.4, -0.2) is 30.5 Å². The Morgan fingerprint density at radius 3 is 3.00 bits per heavy atom. The summed E-state index contributed by atoms with van der Waals surface area (Å²) in [5.41, 5.74) is 6.51. The molecule has 0 spiro atoms. The highest BCUT2D eigenvalue weighted by Crippen LogP contribution is 2.07. The van der Waals surface area contributed by atoms with Gasteiger partial charge in [0, 0.05) is 30.7 Å². The zero-order chi connectivity index (χ0) is 11.3. The van der Waals surface area contributed by atoms with Gasteiger partial charge in [0.15, 0.2) is 0 Å². The van der Waals surface area contributed by atoms with E-state index in [1.54, 1.807) is 12.3 Å². The fraction of sp³-hybridized carbons (Fsp3) is 0.400. The summed E-state index contributed by atoms with van der Waals surface area (Å²) in [6.07, 6.45) is 3.02. The zero-order valence-corrected chi connectivity index (χ0v) is 8.95. The van der Waals surface area contributed by atoms with E-state index in [-0.39, 0.29) is 11.9 Å². The Morgan fingerprint density at radius 1 is 1.67 bits per heavy atom. The molecule has 1 rings (SSSR count). The number of nitrogen functional groups attached to an aromatic ring is 1. The van der Waals surface area contributed by atoms with Gasteiger partial charge in [-0.3, -0.25) is 9.78 Å². The van der Waals surface area contributed by atoms with Crippen molar-refractivity contribution in [3.05, 3.63) is 24.0 Å². The number of pyridine rings is 1. The molecule has 0 aliphatic rings. The lowest BCUT2D eigenvalue weighted by atomic mass is 10.2. The number of rotatable bonds is 4. The van der Waals surface area contributed by atoms with Crippen molar-refractivity contribution in [2.75, 3.05) is 19.3 Å². The first-order valence-corrected chi connectivity index (χ1v) is 4.80. The molecule has 1 amide bonds. The Kier molecular flexibility index (Phi) is 4.05. The van der Waals surface area contributed by atoms with Gasteiger partial charge in [0.25, 0.3) is 5.91 Å². The van der Waals surface area contributed by atoms with Crippen molar-refractivity contribution in [3.63, 3.8) is 0 Å². The second-order valence-electron chi connectivity index (χ2n) is 3.36. The number of nitrogens with one attached hydrogen (secondary N) is 2. The molecule has 0 aliphatic carbocycles. The minimum absolute atomic E-state index is 0.192. The third-order valence-corrected chi connectivity index (χ3v) is 2.16. The van der Waals surface area contributed by atoms with E-state index in [0.29, 0.717) is 17.8 Å². The molecule has 15 heavy (non-hydrogen) atoms. The number of carbonyl (C=O) groups excluding carboxylic acids is 1. The molecule has 1 atom stereocenters. The summed E-state index contributed by atoms with van der Waals surface area (Å²) < 4.78 is 0. The first kappa shape index (κ1) is 11.5. The molecule has 1 heterocycles. The lowest BCUT2D eigenvalue weighted by Crippen LogP contribution is -2.37. The van der Waals surface area contributed by atoms with E-state index in [1.807, 2.05) is 14.0 Å². The molecule has 0 fully saturated rings. The monoisotopic (exact) mass is 208 g/mol. The molecule has 82 valence electrons. The van der Waals surface area contributed by atoms with Gasteiger partial charge in [0.1, 0.15) is 0 Å². The molecule has 0 aliphatic heterocycles. The second-order valence-corrected chi connectivity index (χ2v) is 3.36. The Hall–Kier alpha value is -1.62. The van der Waals surface area contributed by atoms with Crippen molar-refractivity contribution in [2.45, 2.75) is 13.0 Å². The SMILES string of the molecule is CNC(C)CNC(=O)c1cnccc1N. The average molecular weight is 208 g/mol. The van der Waals surface area contributed by atoms with E-state index in [9.17, 15) is 4.79 Å². The summed E-state index contributed by atoms with van der Waals surface area (Å²) in [6.45, 7) is 2.54. The van der Waals surface area contributed by atoms with Crippen molar-refractivity contribution in [3.8, 4) is 0 Å². The Labute approximate surface area is 89.1 Å². The van der Waals surface area contributed by atoms with Gasteiger partial charge in [-0.15, -0.1) is 0 Å². The van der Waals surface area contributed by atoms with Gasteiger partial charge in [-0.25, -0.2) is 0 Å². The van der Waals surface area contributed by atoms with Crippen molar-refractivity contribution < 1.29 is 4.79 Å². The van der Waals surface area contributed by atoms with Crippen LogP contribution in [0.4, 0.5) is 5.69 Å². The zero-order valence-electron chi connectivity index (χ0n) is 8.95. The van der Waals surface area contributed by atoms with Gasteiger partial charge in [-0.05, 0) is 20.0 Å². The lowest BCUT2D eigenvalue weighted by Gasteiger charge is -2.11. The highest BCUT2D eigenvalue weighted by atomic mass is 16.1. The molecule has 0 saturated carbocycles. The van der Waals surface area contributed by atoms with E-state index in [2.05, 4.69) is 15.6 Å². The molecule has 0 aromatic carbocycles. The van der Waals surface area contributed by atoms with Gasteiger partial charge < -0.3 is 16.4 Å². The Balaban J connectivity index is 2.58. The maximum absolute atomic E-state index is 11.6. The van der Waals surface area contributed by atoms with E-state index in [1.165, 1.54) is 6.20 Å². The van der Waals surface area contributed by atoms with Crippen LogP contribution in [0.25, 0.3) is 0 Å². The minimum atomic E-state index is -0.192. The molecule has 1 aromatic heterocycles. The minimum Gasteiger partial charge on any atom is -0.398 e. The number of anilines is 1. The molecule has 4 N–H and O–H groups in total. The Bertz CT molecular complexity index is 340. The number of aromatic nitrogens is 1. The van der Waals surface area contributed by atoms with E-state index < -0.39 is 0 Å². The smallest absolute Gasteiger partial charge is 0.255 e. The van der Waals surface area contributed by atoms with Crippen molar-refractivity contribution in [1.82, 2.24) is 15.6 Å². The fourth-order valence-electron chi connectivity index (χ4n) is 1.04. The fourth-order valence-corrected chi connectivity index (χ4v) is 1.04. The van der Waals surface area contributed by atoms with Gasteiger partial charge in [0.05, 0.1) is 5.56 Å². The third kappa shape index (κ3) is 3.21. The molecule has 0 saturated heterocycles. The molecule has 5 nitrogen and oxygen atoms in total. The largest absolute Gasteiger partial charge is 0.398 e. The average Bonchev–Trinajstić information content (AvgIpc) is 2.26. The number of hydrogen-bond acceptors (Lipinski definition) is 4. The van der Waals surface area contributed by atoms with Crippen molar-refractivity contribution in [2.24, 2.45) is 0 Å². The molecule has 0 bridgehead atoms. The Morgan fingerprint density at radius 2 is 2.40 bits per heavy atom. The predicted molar refractivity (Wildman–Crippen MR) is 59.5 cm³/mol. The maximum Gasteiger partial charge on any atom is 0.255 e. The first-order chi connectivity index (χ1) is 7.15. The molecular formula is C10H16N4O. The number of amides is 1. The summed E-state index contributed by atoms with van der Waals surface area (Å²) in [6, 6.07) is 1.84. The number of hydrogen-bond donors (Lipinski definition) is 3. The molecule has 1 aromatic rings. The number of nitrogens with zero attached hydrogens (tertiary/aromatic N) is 1. The van der Waals surface area contributed by atoms with Crippen LogP contribution < -0.4 is 16.4 Å². The van der Waals surface area contributed by atoms with Crippen LogP contribution in [0.2, 0.25) is 0 Å². The van der Waals surface area contributed by atoms with E-state index >= 15 is 0 Å². The van der Waals surface area contributed by atoms with E-state index in [0.717, 1.165) is 0 Å². The molecule has 5 heteroatoms. The van der Waals surface area contributed by atoms with Crippen LogP contribution >= 0.6 is 0 Å². The predicted octanol–water partition coefficient (Wildman–Crippen LogP) is 0.00150. The third-order valence-electron chi connectivity index (χ3n) is 2.16. The highest BCUT2D eigenvalue weighted by Gasteiger charge is 2.09. The van der Waals surface area contributed by atoms with Crippen LogP contribution in [0.5, 0.6) is 0 Å². The molecular weight excluding hydrogens is 192 g/mol. The van der Waals surface area contributed by atoms with Crippen LogP contribution in [0.1, 0.15) is 17.3 Å². The van der Waals surface area contributed by atoms with Crippen LogP contribution in [0, 0.1) is 0 Å². The summed E-state index contributed by atoms with van der Waals surface area (Å²) in [5.74, 6) is -0.192. The highest BCUT2D eigenvalue weighted by molar-refractivity contribution is 5.98. The van der Waals surface area contributed by atoms with Gasteiger partial charge in [-0.2, -0.15) is 0 Å². The lowest BCUT2D eigenvalue weighted by molar-refractivity contribution is 0.0951. The van der Waals surface area contributed by atoms with Crippen LogP contribution in [0.3, 0.4) is 0 Å². The second kappa shape index (κ2) is 5.31. The van der Waals surface area contributed by atoms with Gasteiger partial charge in [0.2, 0.25) is 0 Å². The first-order valence-electron chi connectivity index (χ1n) is 4.80. The summed E-state index contributed by atoms with van der Waals surface area (Å²) in [4.78, 5) is 15.5. The maximum atomic E-state index is 11.6. The standard InChI is InChI=1S/C10H16N4O/c1-7(12-2)5-14-10(15)8-6-13-4-3-9(8)11/h3-4,6-7,12H,5H2,1-2H3,(H2,11,13)(H,14,15). The van der Waals surface area contributed by atoms with Crippen LogP contribution in [-0.2, 0) is 0 Å².